The number of amides is 1. The first kappa shape index (κ1) is 21.8. The van der Waals surface area contributed by atoms with Crippen molar-refractivity contribution < 1.29 is 9.53 Å². The van der Waals surface area contributed by atoms with Gasteiger partial charge in [-0.25, -0.2) is 0 Å². The molecule has 1 aliphatic heterocycles. The predicted molar refractivity (Wildman–Crippen MR) is 125 cm³/mol. The summed E-state index contributed by atoms with van der Waals surface area (Å²) >= 11 is 0. The number of allylic oxidation sites excluding steroid dienone is 2. The molecule has 0 radical (unpaired) electrons. The number of aryl methyl sites for hydroxylation is 1. The Morgan fingerprint density at radius 3 is 2.69 bits per heavy atom. The number of likely N-dealkylation sites (N-methyl/N-ethyl adjacent to an activating group) is 1. The lowest BCUT2D eigenvalue weighted by atomic mass is 10.1. The minimum Gasteiger partial charge on any atom is -0.494 e. The molecule has 1 N–H and O–H groups in total. The maximum absolute atomic E-state index is 13.0. The molecule has 4 heterocycles. The third kappa shape index (κ3) is 4.05. The number of fused-ring (bicyclic) bond motifs is 1. The summed E-state index contributed by atoms with van der Waals surface area (Å²) in [5.74, 6) is 0.456. The number of piperazine rings is 1. The van der Waals surface area contributed by atoms with Crippen molar-refractivity contribution in [3.63, 3.8) is 0 Å². The highest BCUT2D eigenvalue weighted by atomic mass is 16.5. The van der Waals surface area contributed by atoms with Crippen molar-refractivity contribution in [2.45, 2.75) is 20.4 Å². The van der Waals surface area contributed by atoms with E-state index >= 15 is 0 Å². The Hall–Kier alpha value is -3.39. The Balaban J connectivity index is 1.79. The van der Waals surface area contributed by atoms with Crippen molar-refractivity contribution in [1.82, 2.24) is 24.3 Å². The Labute approximate surface area is 187 Å². The van der Waals surface area contributed by atoms with E-state index in [4.69, 9.17) is 4.74 Å². The number of hydrogen-bond acceptors (Lipinski definition) is 5. The van der Waals surface area contributed by atoms with Gasteiger partial charge in [-0.15, -0.1) is 0 Å². The lowest BCUT2D eigenvalue weighted by molar-refractivity contribution is 0.0663. The van der Waals surface area contributed by atoms with Gasteiger partial charge >= 0.3 is 0 Å². The van der Waals surface area contributed by atoms with Gasteiger partial charge in [0.2, 0.25) is 0 Å². The molecular weight excluding hydrogens is 406 g/mol. The van der Waals surface area contributed by atoms with Crippen molar-refractivity contribution in [2.24, 2.45) is 0 Å². The van der Waals surface area contributed by atoms with Crippen LogP contribution in [-0.2, 0) is 6.54 Å². The number of carbonyl (C=O) groups is 1. The number of ether oxygens (including phenoxy) is 1. The zero-order chi connectivity index (χ0) is 22.8. The van der Waals surface area contributed by atoms with E-state index in [2.05, 4.69) is 21.9 Å². The third-order valence-corrected chi connectivity index (χ3v) is 5.91. The Bertz CT molecular complexity index is 1230. The van der Waals surface area contributed by atoms with Gasteiger partial charge in [0.1, 0.15) is 17.0 Å². The van der Waals surface area contributed by atoms with Crippen LogP contribution in [0.25, 0.3) is 22.2 Å². The van der Waals surface area contributed by atoms with Gasteiger partial charge in [-0.3, -0.25) is 14.6 Å². The lowest BCUT2D eigenvalue weighted by Gasteiger charge is -2.32. The molecule has 0 spiro atoms. The molecule has 8 nitrogen and oxygen atoms in total. The van der Waals surface area contributed by atoms with Crippen LogP contribution < -0.4 is 10.3 Å². The second-order valence-corrected chi connectivity index (χ2v) is 8.18. The molecule has 0 unspecified atom stereocenters. The van der Waals surface area contributed by atoms with Crippen LogP contribution in [0.3, 0.4) is 0 Å². The monoisotopic (exact) mass is 435 g/mol. The van der Waals surface area contributed by atoms with Gasteiger partial charge in [-0.1, -0.05) is 12.2 Å². The van der Waals surface area contributed by atoms with E-state index in [9.17, 15) is 9.59 Å². The SMILES string of the molecule is C/C=C/Cn1cc(-c2ncc(C(=O)N3CCN(C)CC3)cc2OC)c2cc(C)[nH]c2c1=O. The number of H-pyrrole nitrogens is 1. The van der Waals surface area contributed by atoms with Gasteiger partial charge in [0, 0.05) is 61.8 Å². The first-order valence-electron chi connectivity index (χ1n) is 10.8. The normalized spacial score (nSPS) is 15.1. The molecule has 3 aromatic heterocycles. The molecule has 0 saturated carbocycles. The second-order valence-electron chi connectivity index (χ2n) is 8.18. The van der Waals surface area contributed by atoms with Crippen LogP contribution in [0.2, 0.25) is 0 Å². The summed E-state index contributed by atoms with van der Waals surface area (Å²) in [6.07, 6.45) is 7.25. The van der Waals surface area contributed by atoms with Crippen LogP contribution in [0.5, 0.6) is 5.75 Å². The topological polar surface area (TPSA) is 83.5 Å². The van der Waals surface area contributed by atoms with Gasteiger partial charge in [-0.2, -0.15) is 0 Å². The van der Waals surface area contributed by atoms with E-state index in [1.165, 1.54) is 0 Å². The minimum atomic E-state index is -0.0872. The third-order valence-electron chi connectivity index (χ3n) is 5.91. The molecular formula is C24H29N5O3. The number of aromatic amines is 1. The van der Waals surface area contributed by atoms with Gasteiger partial charge < -0.3 is 24.1 Å². The highest BCUT2D eigenvalue weighted by Gasteiger charge is 2.23. The minimum absolute atomic E-state index is 0.0452. The smallest absolute Gasteiger partial charge is 0.275 e. The second kappa shape index (κ2) is 9.00. The van der Waals surface area contributed by atoms with Crippen LogP contribution in [0.4, 0.5) is 0 Å². The zero-order valence-corrected chi connectivity index (χ0v) is 19.0. The Kier molecular flexibility index (Phi) is 6.14. The van der Waals surface area contributed by atoms with Crippen LogP contribution in [0.15, 0.2) is 41.5 Å². The fourth-order valence-electron chi connectivity index (χ4n) is 4.05. The summed E-state index contributed by atoms with van der Waals surface area (Å²) in [4.78, 5) is 37.8. The average molecular weight is 436 g/mol. The molecule has 168 valence electrons. The summed E-state index contributed by atoms with van der Waals surface area (Å²) in [7, 11) is 3.63. The molecule has 1 saturated heterocycles. The van der Waals surface area contributed by atoms with Crippen molar-refractivity contribution in [3.05, 3.63) is 58.3 Å². The van der Waals surface area contributed by atoms with Crippen molar-refractivity contribution in [3.8, 4) is 17.0 Å². The quantitative estimate of drug-likeness (QED) is 0.623. The van der Waals surface area contributed by atoms with E-state index < -0.39 is 0 Å². The predicted octanol–water partition coefficient (Wildman–Crippen LogP) is 2.67. The maximum atomic E-state index is 13.0. The van der Waals surface area contributed by atoms with E-state index in [0.717, 1.165) is 29.7 Å². The Morgan fingerprint density at radius 2 is 2.00 bits per heavy atom. The number of hydrogen-bond donors (Lipinski definition) is 1. The molecule has 0 aliphatic carbocycles. The van der Waals surface area contributed by atoms with E-state index in [0.29, 0.717) is 42.2 Å². The number of nitrogens with one attached hydrogen (secondary N) is 1. The number of carbonyl (C=O) groups excluding carboxylic acids is 1. The molecule has 0 atom stereocenters. The van der Waals surface area contributed by atoms with Crippen molar-refractivity contribution in [1.29, 1.82) is 0 Å². The van der Waals surface area contributed by atoms with Gasteiger partial charge in [0.25, 0.3) is 11.5 Å². The van der Waals surface area contributed by atoms with Gasteiger partial charge in [0.15, 0.2) is 0 Å². The highest BCUT2D eigenvalue weighted by molar-refractivity contribution is 5.98. The molecule has 8 heteroatoms. The van der Waals surface area contributed by atoms with Crippen molar-refractivity contribution in [2.75, 3.05) is 40.3 Å². The number of rotatable bonds is 5. The lowest BCUT2D eigenvalue weighted by Crippen LogP contribution is -2.47. The summed E-state index contributed by atoms with van der Waals surface area (Å²) in [6, 6.07) is 3.69. The molecule has 1 amide bonds. The van der Waals surface area contributed by atoms with E-state index in [1.54, 1.807) is 23.9 Å². The van der Waals surface area contributed by atoms with Crippen LogP contribution in [0.1, 0.15) is 23.0 Å². The molecule has 1 aliphatic rings. The van der Waals surface area contributed by atoms with Crippen molar-refractivity contribution >= 4 is 16.8 Å². The molecule has 4 rings (SSSR count). The summed E-state index contributed by atoms with van der Waals surface area (Å²) in [6.45, 7) is 7.39. The number of methoxy groups -OCH3 is 1. The fraction of sp³-hybridized carbons (Fsp3) is 0.375. The largest absolute Gasteiger partial charge is 0.494 e. The zero-order valence-electron chi connectivity index (χ0n) is 19.0. The number of aromatic nitrogens is 3. The highest BCUT2D eigenvalue weighted by Crippen LogP contribution is 2.33. The van der Waals surface area contributed by atoms with Gasteiger partial charge in [0.05, 0.1) is 12.7 Å². The first-order valence-corrected chi connectivity index (χ1v) is 10.8. The first-order chi connectivity index (χ1) is 15.4. The molecule has 32 heavy (non-hydrogen) atoms. The molecule has 0 bridgehead atoms. The standard InChI is InChI=1S/C24H29N5O3/c1-5-6-7-29-15-19(18-12-16(2)26-22(18)24(29)31)21-20(32-4)13-17(14-25-21)23(30)28-10-8-27(3)9-11-28/h5-6,12-15,26H,7-11H2,1-4H3/b6-5+. The van der Waals surface area contributed by atoms with E-state index in [-0.39, 0.29) is 11.5 Å². The molecule has 0 aromatic carbocycles. The fourth-order valence-corrected chi connectivity index (χ4v) is 4.05. The average Bonchev–Trinajstić information content (AvgIpc) is 3.20. The van der Waals surface area contributed by atoms with Crippen LogP contribution in [-0.4, -0.2) is 70.6 Å². The number of pyridine rings is 2. The maximum Gasteiger partial charge on any atom is 0.275 e. The summed E-state index contributed by atoms with van der Waals surface area (Å²) < 4.78 is 7.30. The summed E-state index contributed by atoms with van der Waals surface area (Å²) in [5.41, 5.74) is 3.22. The molecule has 3 aromatic rings. The Morgan fingerprint density at radius 1 is 1.25 bits per heavy atom. The number of nitrogens with zero attached hydrogens (tertiary/aromatic N) is 4. The van der Waals surface area contributed by atoms with Crippen LogP contribution >= 0.6 is 0 Å². The van der Waals surface area contributed by atoms with E-state index in [1.807, 2.05) is 43.2 Å². The summed E-state index contributed by atoms with van der Waals surface area (Å²) in [5, 5.41) is 0.785. The van der Waals surface area contributed by atoms with Crippen LogP contribution in [0, 0.1) is 6.92 Å². The molecule has 1 fully saturated rings. The van der Waals surface area contributed by atoms with Gasteiger partial charge in [-0.05, 0) is 33.0 Å².